The van der Waals surface area contributed by atoms with E-state index < -0.39 is 18.1 Å². The molecule has 1 heterocycles. The fourth-order valence-electron chi connectivity index (χ4n) is 2.67. The van der Waals surface area contributed by atoms with Crippen molar-refractivity contribution in [1.29, 1.82) is 0 Å². The van der Waals surface area contributed by atoms with E-state index in [4.69, 9.17) is 14.2 Å². The Hall–Kier alpha value is -2.82. The molecule has 0 radical (unpaired) electrons. The number of hydrogen-bond acceptors (Lipinski definition) is 5. The van der Waals surface area contributed by atoms with Crippen LogP contribution < -0.4 is 4.74 Å². The van der Waals surface area contributed by atoms with E-state index in [1.54, 1.807) is 7.11 Å². The summed E-state index contributed by atoms with van der Waals surface area (Å²) in [5.41, 5.74) is 2.73. The van der Waals surface area contributed by atoms with Gasteiger partial charge in [-0.1, -0.05) is 42.0 Å². The summed E-state index contributed by atoms with van der Waals surface area (Å²) in [6.07, 6.45) is -0.516. The fraction of sp³-hybridized carbons (Fsp3) is 0.263. The van der Waals surface area contributed by atoms with Crippen LogP contribution in [0.2, 0.25) is 0 Å². The van der Waals surface area contributed by atoms with E-state index in [1.165, 1.54) is 7.11 Å². The summed E-state index contributed by atoms with van der Waals surface area (Å²) in [4.78, 5) is 16.6. The Bertz CT molecular complexity index is 767. The van der Waals surface area contributed by atoms with Crippen molar-refractivity contribution in [3.8, 4) is 5.75 Å². The molecule has 124 valence electrons. The third-order valence-electron chi connectivity index (χ3n) is 3.97. The van der Waals surface area contributed by atoms with Gasteiger partial charge in [-0.3, -0.25) is 0 Å². The van der Waals surface area contributed by atoms with E-state index in [-0.39, 0.29) is 0 Å². The first kappa shape index (κ1) is 16.1. The van der Waals surface area contributed by atoms with Crippen LogP contribution in [0.15, 0.2) is 53.5 Å². The number of benzene rings is 2. The van der Waals surface area contributed by atoms with E-state index in [2.05, 4.69) is 4.99 Å². The zero-order valence-corrected chi connectivity index (χ0v) is 13.9. The fourth-order valence-corrected chi connectivity index (χ4v) is 2.67. The lowest BCUT2D eigenvalue weighted by Gasteiger charge is -2.17. The summed E-state index contributed by atoms with van der Waals surface area (Å²) in [5, 5.41) is 0. The Balaban J connectivity index is 1.98. The molecule has 3 rings (SSSR count). The van der Waals surface area contributed by atoms with Gasteiger partial charge in [0.1, 0.15) is 5.75 Å². The maximum Gasteiger partial charge on any atom is 0.335 e. The molecule has 0 N–H and O–H groups in total. The van der Waals surface area contributed by atoms with Crippen molar-refractivity contribution in [3.05, 3.63) is 65.2 Å². The summed E-state index contributed by atoms with van der Waals surface area (Å²) >= 11 is 0. The summed E-state index contributed by atoms with van der Waals surface area (Å²) in [6.45, 7) is 2.01. The molecule has 0 fully saturated rings. The SMILES string of the molecule is COC(=O)[C@H]1N=C(c2ccccc2OC)O[C@H]1c1ccc(C)cc1. The molecule has 2 atom stereocenters. The van der Waals surface area contributed by atoms with Crippen LogP contribution in [0.3, 0.4) is 0 Å². The van der Waals surface area contributed by atoms with Crippen LogP contribution >= 0.6 is 0 Å². The number of rotatable bonds is 4. The summed E-state index contributed by atoms with van der Waals surface area (Å²) in [5.74, 6) is 0.600. The van der Waals surface area contributed by atoms with Gasteiger partial charge >= 0.3 is 5.97 Å². The molecule has 1 aliphatic heterocycles. The first-order chi connectivity index (χ1) is 11.6. The van der Waals surface area contributed by atoms with Crippen LogP contribution in [0.25, 0.3) is 0 Å². The molecule has 2 aromatic carbocycles. The number of aryl methyl sites for hydroxylation is 1. The molecule has 0 saturated heterocycles. The molecule has 0 aliphatic carbocycles. The number of carbonyl (C=O) groups excluding carboxylic acids is 1. The largest absolute Gasteiger partial charge is 0.496 e. The number of carbonyl (C=O) groups is 1. The Kier molecular flexibility index (Phi) is 4.51. The van der Waals surface area contributed by atoms with Crippen LogP contribution in [0.4, 0.5) is 0 Å². The van der Waals surface area contributed by atoms with Gasteiger partial charge < -0.3 is 14.2 Å². The van der Waals surface area contributed by atoms with Crippen molar-refractivity contribution >= 4 is 11.9 Å². The number of aliphatic imine (C=N–C) groups is 1. The highest BCUT2D eigenvalue weighted by Gasteiger charge is 2.39. The minimum Gasteiger partial charge on any atom is -0.496 e. The highest BCUT2D eigenvalue weighted by molar-refractivity contribution is 6.00. The third-order valence-corrected chi connectivity index (χ3v) is 3.97. The molecule has 1 aliphatic rings. The average Bonchev–Trinajstić information content (AvgIpc) is 3.06. The zero-order valence-electron chi connectivity index (χ0n) is 13.9. The Morgan fingerprint density at radius 1 is 1.08 bits per heavy atom. The Morgan fingerprint density at radius 3 is 2.46 bits per heavy atom. The quantitative estimate of drug-likeness (QED) is 0.811. The van der Waals surface area contributed by atoms with E-state index in [0.29, 0.717) is 17.2 Å². The van der Waals surface area contributed by atoms with E-state index in [9.17, 15) is 4.79 Å². The maximum atomic E-state index is 12.2. The molecular weight excluding hydrogens is 306 g/mol. The van der Waals surface area contributed by atoms with E-state index in [1.807, 2.05) is 55.5 Å². The van der Waals surface area contributed by atoms with Gasteiger partial charge in [0, 0.05) is 0 Å². The lowest BCUT2D eigenvalue weighted by molar-refractivity contribution is -0.143. The van der Waals surface area contributed by atoms with Gasteiger partial charge in [0.2, 0.25) is 5.90 Å². The highest BCUT2D eigenvalue weighted by Crippen LogP contribution is 2.34. The number of esters is 1. The molecule has 2 aromatic rings. The van der Waals surface area contributed by atoms with Crippen LogP contribution in [0, 0.1) is 6.92 Å². The average molecular weight is 325 g/mol. The number of ether oxygens (including phenoxy) is 3. The van der Waals surface area contributed by atoms with Gasteiger partial charge in [-0.25, -0.2) is 9.79 Å². The van der Waals surface area contributed by atoms with Crippen LogP contribution in [0.5, 0.6) is 5.75 Å². The second-order valence-corrected chi connectivity index (χ2v) is 5.55. The molecule has 24 heavy (non-hydrogen) atoms. The Morgan fingerprint density at radius 2 is 1.79 bits per heavy atom. The molecule has 0 bridgehead atoms. The number of para-hydroxylation sites is 1. The van der Waals surface area contributed by atoms with Crippen LogP contribution in [-0.2, 0) is 14.3 Å². The van der Waals surface area contributed by atoms with Crippen molar-refractivity contribution < 1.29 is 19.0 Å². The van der Waals surface area contributed by atoms with Crippen LogP contribution in [0.1, 0.15) is 22.8 Å². The molecule has 5 nitrogen and oxygen atoms in total. The van der Waals surface area contributed by atoms with Gasteiger partial charge in [-0.2, -0.15) is 0 Å². The molecule has 5 heteroatoms. The van der Waals surface area contributed by atoms with Crippen LogP contribution in [-0.4, -0.2) is 32.1 Å². The number of hydrogen-bond donors (Lipinski definition) is 0. The van der Waals surface area contributed by atoms with Crippen molar-refractivity contribution in [2.45, 2.75) is 19.1 Å². The van der Waals surface area contributed by atoms with Gasteiger partial charge in [0.15, 0.2) is 12.1 Å². The van der Waals surface area contributed by atoms with E-state index >= 15 is 0 Å². The molecule has 0 amide bonds. The van der Waals surface area contributed by atoms with Gasteiger partial charge in [0.05, 0.1) is 19.8 Å². The third kappa shape index (κ3) is 2.97. The van der Waals surface area contributed by atoms with Gasteiger partial charge in [-0.05, 0) is 24.6 Å². The first-order valence-corrected chi connectivity index (χ1v) is 7.66. The lowest BCUT2D eigenvalue weighted by Crippen LogP contribution is -2.25. The predicted molar refractivity (Wildman–Crippen MR) is 90.3 cm³/mol. The second-order valence-electron chi connectivity index (χ2n) is 5.55. The molecule has 0 aromatic heterocycles. The summed E-state index contributed by atoms with van der Waals surface area (Å²) < 4.78 is 16.3. The normalized spacial score (nSPS) is 19.4. The van der Waals surface area contributed by atoms with Crippen molar-refractivity contribution in [2.75, 3.05) is 14.2 Å². The zero-order chi connectivity index (χ0) is 17.1. The Labute approximate surface area is 140 Å². The predicted octanol–water partition coefficient (Wildman–Crippen LogP) is 3.06. The van der Waals surface area contributed by atoms with E-state index in [0.717, 1.165) is 11.1 Å². The molecule has 0 saturated carbocycles. The topological polar surface area (TPSA) is 57.1 Å². The summed E-state index contributed by atoms with van der Waals surface area (Å²) in [6, 6.07) is 14.5. The monoisotopic (exact) mass is 325 g/mol. The minimum atomic E-state index is -0.738. The maximum absolute atomic E-state index is 12.2. The molecular formula is C19H19NO4. The second kappa shape index (κ2) is 6.74. The van der Waals surface area contributed by atoms with Gasteiger partial charge in [0.25, 0.3) is 0 Å². The molecule has 0 spiro atoms. The minimum absolute atomic E-state index is 0.383. The lowest BCUT2D eigenvalue weighted by atomic mass is 10.0. The highest BCUT2D eigenvalue weighted by atomic mass is 16.5. The van der Waals surface area contributed by atoms with Crippen molar-refractivity contribution in [1.82, 2.24) is 0 Å². The smallest absolute Gasteiger partial charge is 0.335 e. The standard InChI is InChI=1S/C19H19NO4/c1-12-8-10-13(11-9-12)17-16(19(21)23-3)20-18(24-17)14-6-4-5-7-15(14)22-2/h4-11,16-17H,1-3H3/t16-,17-/m0/s1. The van der Waals surface area contributed by atoms with Gasteiger partial charge in [-0.15, -0.1) is 0 Å². The van der Waals surface area contributed by atoms with Crippen molar-refractivity contribution in [2.24, 2.45) is 4.99 Å². The molecule has 0 unspecified atom stereocenters. The summed E-state index contributed by atoms with van der Waals surface area (Å²) in [7, 11) is 2.94. The number of nitrogens with zero attached hydrogens (tertiary/aromatic N) is 1. The van der Waals surface area contributed by atoms with Crippen molar-refractivity contribution in [3.63, 3.8) is 0 Å². The number of methoxy groups -OCH3 is 2. The first-order valence-electron chi connectivity index (χ1n) is 7.66.